The number of aromatic nitrogens is 2. The van der Waals surface area contributed by atoms with Crippen molar-refractivity contribution in [3.63, 3.8) is 0 Å². The Morgan fingerprint density at radius 3 is 1.22 bits per heavy atom. The number of rotatable bonds is 6. The zero-order chi connectivity index (χ0) is 30.1. The molecule has 0 saturated carbocycles. The Kier molecular flexibility index (Phi) is 6.21. The van der Waals surface area contributed by atoms with Crippen LogP contribution >= 0.6 is 0 Å². The Bertz CT molecular complexity index is 1610. The van der Waals surface area contributed by atoms with E-state index in [9.17, 15) is 19.8 Å². The molecule has 2 aromatic carbocycles. The highest BCUT2D eigenvalue weighted by atomic mass is 19.3. The third-order valence-electron chi connectivity index (χ3n) is 7.17. The Morgan fingerprint density at radius 2 is 0.927 bits per heavy atom. The third-order valence-corrected chi connectivity index (χ3v) is 7.17. The molecule has 41 heavy (non-hydrogen) atoms. The first kappa shape index (κ1) is 27.8. The van der Waals surface area contributed by atoms with Crippen LogP contribution in [-0.4, -0.2) is 49.1 Å². The van der Waals surface area contributed by atoms with Crippen LogP contribution in [0.15, 0.2) is 72.8 Å². The Morgan fingerprint density at radius 1 is 0.610 bits per heavy atom. The van der Waals surface area contributed by atoms with Crippen LogP contribution in [0.2, 0.25) is 0 Å². The van der Waals surface area contributed by atoms with Crippen LogP contribution in [0, 0.1) is 13.8 Å². The molecule has 0 spiro atoms. The van der Waals surface area contributed by atoms with E-state index < -0.39 is 63.4 Å². The number of aromatic carboxylic acids is 2. The van der Waals surface area contributed by atoms with Gasteiger partial charge in [0.2, 0.25) is 0 Å². The van der Waals surface area contributed by atoms with Crippen molar-refractivity contribution in [1.82, 2.24) is 9.13 Å². The normalized spacial score (nSPS) is 17.2. The van der Waals surface area contributed by atoms with Gasteiger partial charge in [0.1, 0.15) is 11.4 Å². The van der Waals surface area contributed by atoms with Crippen molar-refractivity contribution in [2.45, 2.75) is 31.6 Å². The van der Waals surface area contributed by atoms with E-state index in [2.05, 4.69) is 0 Å². The number of alkyl halides is 6. The molecule has 0 aliphatic heterocycles. The van der Waals surface area contributed by atoms with Gasteiger partial charge in [-0.3, -0.25) is 0 Å². The van der Waals surface area contributed by atoms with Crippen LogP contribution in [0.1, 0.15) is 43.5 Å². The topological polar surface area (TPSA) is 84.5 Å². The average Bonchev–Trinajstić information content (AvgIpc) is 3.47. The highest BCUT2D eigenvalue weighted by Gasteiger charge is 2.80. The van der Waals surface area contributed by atoms with Crippen molar-refractivity contribution < 1.29 is 46.1 Å². The minimum Gasteiger partial charge on any atom is -0.477 e. The number of carboxylic acids is 2. The summed E-state index contributed by atoms with van der Waals surface area (Å²) < 4.78 is 94.3. The van der Waals surface area contributed by atoms with E-state index in [0.29, 0.717) is 12.1 Å². The number of nitrogens with zero attached hydrogens (tertiary/aromatic N) is 2. The van der Waals surface area contributed by atoms with E-state index in [1.54, 1.807) is 12.1 Å². The number of carbonyl (C=O) groups is 2. The summed E-state index contributed by atoms with van der Waals surface area (Å²) in [5, 5.41) is 19.6. The van der Waals surface area contributed by atoms with E-state index >= 15 is 26.3 Å². The fourth-order valence-corrected chi connectivity index (χ4v) is 5.29. The van der Waals surface area contributed by atoms with Gasteiger partial charge in [-0.2, -0.15) is 26.3 Å². The molecule has 0 amide bonds. The SMILES string of the molecule is Cc1c(C2=C(c3cc(C(=O)O)n(-c4ccccc4)c3C)C(F)(F)C(F)(F)C2(F)F)cc(C(=O)O)n1-c1ccccc1. The number of benzene rings is 2. The molecule has 1 aliphatic carbocycles. The Hall–Kier alpha value is -4.74. The number of allylic oxidation sites excluding steroid dienone is 2. The van der Waals surface area contributed by atoms with Gasteiger partial charge in [-0.15, -0.1) is 0 Å². The lowest BCUT2D eigenvalue weighted by Gasteiger charge is -2.25. The van der Waals surface area contributed by atoms with E-state index in [0.717, 1.165) is 23.0 Å². The summed E-state index contributed by atoms with van der Waals surface area (Å²) in [7, 11) is 0. The monoisotopic (exact) mass is 574 g/mol. The van der Waals surface area contributed by atoms with E-state index in [1.807, 2.05) is 0 Å². The van der Waals surface area contributed by atoms with Gasteiger partial charge in [-0.1, -0.05) is 36.4 Å². The second kappa shape index (κ2) is 9.15. The first-order valence-corrected chi connectivity index (χ1v) is 12.1. The molecule has 0 radical (unpaired) electrons. The molecule has 4 aromatic rings. The van der Waals surface area contributed by atoms with Gasteiger partial charge in [0.05, 0.1) is 0 Å². The molecule has 2 N–H and O–H groups in total. The van der Waals surface area contributed by atoms with Crippen molar-refractivity contribution in [1.29, 1.82) is 0 Å². The first-order chi connectivity index (χ1) is 19.1. The standard InChI is InChI=1S/C29H20F6N2O4/c1-15-19(13-21(25(38)39)36(15)17-9-5-3-6-10-17)23-24(28(32,33)29(34,35)27(23,30)31)20-14-22(26(40)41)37(16(20)2)18-11-7-4-8-12-18/h3-14H,1-2H3,(H,38,39)(H,40,41). The highest BCUT2D eigenvalue weighted by Crippen LogP contribution is 2.65. The maximum Gasteiger partial charge on any atom is 0.380 e. The summed E-state index contributed by atoms with van der Waals surface area (Å²) >= 11 is 0. The fourth-order valence-electron chi connectivity index (χ4n) is 5.29. The van der Waals surface area contributed by atoms with Crippen molar-refractivity contribution in [2.24, 2.45) is 0 Å². The maximum atomic E-state index is 15.6. The molecule has 0 unspecified atom stereocenters. The fraction of sp³-hybridized carbons (Fsp3) is 0.172. The van der Waals surface area contributed by atoms with E-state index in [4.69, 9.17) is 0 Å². The summed E-state index contributed by atoms with van der Waals surface area (Å²) in [5.74, 6) is -20.1. The summed E-state index contributed by atoms with van der Waals surface area (Å²) in [4.78, 5) is 24.2. The van der Waals surface area contributed by atoms with Crippen LogP contribution in [0.4, 0.5) is 26.3 Å². The smallest absolute Gasteiger partial charge is 0.380 e. The molecule has 212 valence electrons. The molecule has 0 saturated heterocycles. The van der Waals surface area contributed by atoms with Crippen molar-refractivity contribution in [3.05, 3.63) is 107 Å². The summed E-state index contributed by atoms with van der Waals surface area (Å²) in [5.41, 5.74) is -6.81. The Balaban J connectivity index is 1.92. The van der Waals surface area contributed by atoms with Crippen molar-refractivity contribution >= 4 is 23.1 Å². The predicted octanol–water partition coefficient (Wildman–Crippen LogP) is 7.11. The molecule has 12 heteroatoms. The zero-order valence-corrected chi connectivity index (χ0v) is 21.3. The molecular formula is C29H20F6N2O4. The maximum absolute atomic E-state index is 15.6. The minimum atomic E-state index is -5.93. The van der Waals surface area contributed by atoms with Crippen LogP contribution in [0.3, 0.4) is 0 Å². The molecular weight excluding hydrogens is 554 g/mol. The largest absolute Gasteiger partial charge is 0.477 e. The molecule has 0 fully saturated rings. The third kappa shape index (κ3) is 3.80. The highest BCUT2D eigenvalue weighted by molar-refractivity contribution is 6.04. The number of hydrogen-bond donors (Lipinski definition) is 2. The molecule has 6 nitrogen and oxygen atoms in total. The number of carboxylic acid groups (broad SMARTS) is 2. The van der Waals surface area contributed by atoms with E-state index in [-0.39, 0.29) is 22.8 Å². The summed E-state index contributed by atoms with van der Waals surface area (Å²) in [6, 6.07) is 16.2. The number of para-hydroxylation sites is 2. The summed E-state index contributed by atoms with van der Waals surface area (Å²) in [6.07, 6.45) is 0. The second-order valence-corrected chi connectivity index (χ2v) is 9.48. The van der Waals surface area contributed by atoms with Crippen LogP contribution in [0.25, 0.3) is 22.5 Å². The van der Waals surface area contributed by atoms with Crippen molar-refractivity contribution in [2.75, 3.05) is 0 Å². The van der Waals surface area contributed by atoms with Gasteiger partial charge < -0.3 is 19.3 Å². The quantitative estimate of drug-likeness (QED) is 0.241. The zero-order valence-electron chi connectivity index (χ0n) is 21.3. The van der Waals surface area contributed by atoms with E-state index in [1.165, 1.54) is 48.5 Å². The molecule has 2 heterocycles. The van der Waals surface area contributed by atoms with Crippen LogP contribution < -0.4 is 0 Å². The molecule has 1 aliphatic rings. The minimum absolute atomic E-state index is 0.162. The van der Waals surface area contributed by atoms with Crippen LogP contribution in [0.5, 0.6) is 0 Å². The van der Waals surface area contributed by atoms with Crippen LogP contribution in [-0.2, 0) is 0 Å². The molecule has 5 rings (SSSR count). The Labute approximate surface area is 228 Å². The molecule has 2 aromatic heterocycles. The molecule has 0 atom stereocenters. The van der Waals surface area contributed by atoms with Gasteiger partial charge in [-0.25, -0.2) is 9.59 Å². The van der Waals surface area contributed by atoms with Gasteiger partial charge >= 0.3 is 29.7 Å². The van der Waals surface area contributed by atoms with Gasteiger partial charge in [-0.05, 0) is 50.2 Å². The first-order valence-electron chi connectivity index (χ1n) is 12.1. The lowest BCUT2D eigenvalue weighted by Crippen LogP contribution is -2.49. The lowest BCUT2D eigenvalue weighted by atomic mass is 9.94. The van der Waals surface area contributed by atoms with Gasteiger partial charge in [0, 0.05) is 45.0 Å². The van der Waals surface area contributed by atoms with Gasteiger partial charge in [0.25, 0.3) is 0 Å². The lowest BCUT2D eigenvalue weighted by molar-refractivity contribution is -0.254. The number of halogens is 6. The van der Waals surface area contributed by atoms with Crippen molar-refractivity contribution in [3.8, 4) is 11.4 Å². The number of hydrogen-bond acceptors (Lipinski definition) is 2. The summed E-state index contributed by atoms with van der Waals surface area (Å²) in [6.45, 7) is 2.30. The molecule has 0 bridgehead atoms. The average molecular weight is 574 g/mol. The van der Waals surface area contributed by atoms with Gasteiger partial charge in [0.15, 0.2) is 0 Å². The second-order valence-electron chi connectivity index (χ2n) is 9.48. The predicted molar refractivity (Wildman–Crippen MR) is 137 cm³/mol.